The summed E-state index contributed by atoms with van der Waals surface area (Å²) >= 11 is 1.65. The van der Waals surface area contributed by atoms with E-state index in [9.17, 15) is 0 Å². The Bertz CT molecular complexity index is 672. The molecule has 1 aromatic carbocycles. The van der Waals surface area contributed by atoms with Gasteiger partial charge in [-0.25, -0.2) is 9.97 Å². The average Bonchev–Trinajstić information content (AvgIpc) is 3.10. The van der Waals surface area contributed by atoms with E-state index in [1.165, 1.54) is 5.52 Å². The second-order valence-electron chi connectivity index (χ2n) is 4.67. The Morgan fingerprint density at radius 3 is 3.00 bits per heavy atom. The summed E-state index contributed by atoms with van der Waals surface area (Å²) in [5.74, 6) is 1.10. The van der Waals surface area contributed by atoms with E-state index >= 15 is 0 Å². The summed E-state index contributed by atoms with van der Waals surface area (Å²) in [6.07, 6.45) is 0.968. The molecule has 2 aromatic heterocycles. The van der Waals surface area contributed by atoms with Crippen LogP contribution in [0.3, 0.4) is 0 Å². The Morgan fingerprint density at radius 1 is 1.30 bits per heavy atom. The molecule has 0 saturated carbocycles. The molecule has 0 atom stereocenters. The fourth-order valence-corrected chi connectivity index (χ4v) is 2.98. The lowest BCUT2D eigenvalue weighted by Gasteiger charge is -2.07. The lowest BCUT2D eigenvalue weighted by atomic mass is 10.3. The predicted molar refractivity (Wildman–Crippen MR) is 82.9 cm³/mol. The first-order valence-electron chi connectivity index (χ1n) is 6.90. The quantitative estimate of drug-likeness (QED) is 0.709. The number of aromatic nitrogens is 3. The fraction of sp³-hybridized carbons (Fsp3) is 0.333. The van der Waals surface area contributed by atoms with Crippen LogP contribution in [0.2, 0.25) is 0 Å². The molecule has 20 heavy (non-hydrogen) atoms. The van der Waals surface area contributed by atoms with Gasteiger partial charge >= 0.3 is 0 Å². The van der Waals surface area contributed by atoms with Gasteiger partial charge in [-0.05, 0) is 19.1 Å². The van der Waals surface area contributed by atoms with Crippen molar-refractivity contribution in [3.63, 3.8) is 0 Å². The molecule has 0 aliphatic carbocycles. The highest BCUT2D eigenvalue weighted by Crippen LogP contribution is 2.15. The first-order chi connectivity index (χ1) is 9.88. The van der Waals surface area contributed by atoms with Gasteiger partial charge in [0.25, 0.3) is 0 Å². The fourth-order valence-electron chi connectivity index (χ4n) is 2.39. The minimum Gasteiger partial charge on any atom is -0.327 e. The predicted octanol–water partition coefficient (Wildman–Crippen LogP) is 2.85. The highest BCUT2D eigenvalue weighted by molar-refractivity contribution is 7.07. The molecule has 0 radical (unpaired) electrons. The van der Waals surface area contributed by atoms with Crippen molar-refractivity contribution in [3.05, 3.63) is 46.7 Å². The summed E-state index contributed by atoms with van der Waals surface area (Å²) < 4.78 is 2.27. The van der Waals surface area contributed by atoms with E-state index in [0.29, 0.717) is 0 Å². The molecule has 104 valence electrons. The Labute approximate surface area is 122 Å². The molecular formula is C15H18N4S. The normalized spacial score (nSPS) is 11.2. The maximum absolute atomic E-state index is 4.70. The number of para-hydroxylation sites is 2. The van der Waals surface area contributed by atoms with Gasteiger partial charge in [-0.15, -0.1) is 11.3 Å². The van der Waals surface area contributed by atoms with E-state index in [2.05, 4.69) is 45.4 Å². The van der Waals surface area contributed by atoms with Crippen LogP contribution >= 0.6 is 11.3 Å². The Morgan fingerprint density at radius 2 is 2.20 bits per heavy atom. The lowest BCUT2D eigenvalue weighted by Crippen LogP contribution is -2.19. The zero-order valence-electron chi connectivity index (χ0n) is 11.5. The van der Waals surface area contributed by atoms with Gasteiger partial charge in [-0.1, -0.05) is 12.1 Å². The van der Waals surface area contributed by atoms with Crippen LogP contribution in [0.4, 0.5) is 0 Å². The summed E-state index contributed by atoms with van der Waals surface area (Å²) in [6.45, 7) is 4.83. The Kier molecular flexibility index (Phi) is 4.08. The Hall–Kier alpha value is -1.72. The van der Waals surface area contributed by atoms with E-state index in [4.69, 9.17) is 4.98 Å². The van der Waals surface area contributed by atoms with E-state index < -0.39 is 0 Å². The third-order valence-corrected chi connectivity index (χ3v) is 4.01. The van der Waals surface area contributed by atoms with Crippen molar-refractivity contribution in [1.82, 2.24) is 19.9 Å². The van der Waals surface area contributed by atoms with Crippen molar-refractivity contribution in [2.75, 3.05) is 6.54 Å². The van der Waals surface area contributed by atoms with Crippen LogP contribution in [0.1, 0.15) is 18.4 Å². The number of nitrogens with zero attached hydrogens (tertiary/aromatic N) is 3. The van der Waals surface area contributed by atoms with Crippen LogP contribution in [0.15, 0.2) is 35.2 Å². The average molecular weight is 286 g/mol. The summed E-state index contributed by atoms with van der Waals surface area (Å²) in [4.78, 5) is 8.99. The zero-order chi connectivity index (χ0) is 13.8. The molecule has 0 fully saturated rings. The number of aryl methyl sites for hydroxylation is 1. The molecule has 0 unspecified atom stereocenters. The first-order valence-corrected chi connectivity index (χ1v) is 7.84. The van der Waals surface area contributed by atoms with Gasteiger partial charge in [0.05, 0.1) is 28.8 Å². The van der Waals surface area contributed by atoms with Crippen LogP contribution in [0.5, 0.6) is 0 Å². The van der Waals surface area contributed by atoms with Gasteiger partial charge in [0.15, 0.2) is 0 Å². The number of fused-ring (bicyclic) bond motifs is 1. The molecule has 0 spiro atoms. The van der Waals surface area contributed by atoms with Crippen molar-refractivity contribution in [1.29, 1.82) is 0 Å². The van der Waals surface area contributed by atoms with Crippen molar-refractivity contribution in [2.24, 2.45) is 0 Å². The van der Waals surface area contributed by atoms with Gasteiger partial charge in [0.2, 0.25) is 0 Å². The molecule has 0 aliphatic heterocycles. The number of rotatable bonds is 6. The minimum atomic E-state index is 0.798. The number of nitrogens with one attached hydrogen (secondary N) is 1. The summed E-state index contributed by atoms with van der Waals surface area (Å²) in [7, 11) is 0. The van der Waals surface area contributed by atoms with Gasteiger partial charge in [0.1, 0.15) is 5.82 Å². The number of thiazole rings is 1. The van der Waals surface area contributed by atoms with Crippen LogP contribution < -0.4 is 5.32 Å². The summed E-state index contributed by atoms with van der Waals surface area (Å²) in [5.41, 5.74) is 5.33. The molecule has 0 aliphatic rings. The molecule has 3 rings (SSSR count). The highest BCUT2D eigenvalue weighted by atomic mass is 32.1. The summed E-state index contributed by atoms with van der Waals surface area (Å²) in [6, 6.07) is 8.30. The lowest BCUT2D eigenvalue weighted by molar-refractivity contribution is 0.618. The topological polar surface area (TPSA) is 42.7 Å². The Balaban J connectivity index is 1.65. The molecule has 4 nitrogen and oxygen atoms in total. The number of benzene rings is 1. The first kappa shape index (κ1) is 13.3. The van der Waals surface area contributed by atoms with Gasteiger partial charge in [0, 0.05) is 24.9 Å². The van der Waals surface area contributed by atoms with Crippen molar-refractivity contribution in [3.8, 4) is 0 Å². The highest BCUT2D eigenvalue weighted by Gasteiger charge is 2.08. The summed E-state index contributed by atoms with van der Waals surface area (Å²) in [5, 5.41) is 5.56. The maximum atomic E-state index is 4.70. The molecule has 0 amide bonds. The molecular weight excluding hydrogens is 268 g/mol. The van der Waals surface area contributed by atoms with Gasteiger partial charge in [-0.3, -0.25) is 0 Å². The van der Waals surface area contributed by atoms with E-state index in [1.54, 1.807) is 11.3 Å². The van der Waals surface area contributed by atoms with Crippen molar-refractivity contribution in [2.45, 2.75) is 26.4 Å². The third kappa shape index (κ3) is 2.73. The van der Waals surface area contributed by atoms with Crippen LogP contribution in [0.25, 0.3) is 11.0 Å². The van der Waals surface area contributed by atoms with E-state index in [1.807, 2.05) is 11.6 Å². The maximum Gasteiger partial charge on any atom is 0.123 e. The smallest absolute Gasteiger partial charge is 0.123 e. The van der Waals surface area contributed by atoms with Crippen molar-refractivity contribution < 1.29 is 0 Å². The number of hydrogen-bond donors (Lipinski definition) is 1. The number of imidazole rings is 1. The van der Waals surface area contributed by atoms with Gasteiger partial charge < -0.3 is 9.88 Å². The third-order valence-electron chi connectivity index (χ3n) is 3.37. The molecule has 5 heteroatoms. The SMILES string of the molecule is CCn1c(CNCCc2cscn2)nc2ccccc21. The van der Waals surface area contributed by atoms with Crippen molar-refractivity contribution >= 4 is 22.4 Å². The van der Waals surface area contributed by atoms with E-state index in [0.717, 1.165) is 43.1 Å². The molecule has 2 heterocycles. The standard InChI is InChI=1S/C15H18N4S/c1-2-19-14-6-4-3-5-13(14)18-15(19)9-16-8-7-12-10-20-11-17-12/h3-6,10-11,16H,2,7-9H2,1H3. The van der Waals surface area contributed by atoms with Crippen LogP contribution in [0, 0.1) is 0 Å². The largest absolute Gasteiger partial charge is 0.327 e. The molecule has 0 bridgehead atoms. The zero-order valence-corrected chi connectivity index (χ0v) is 12.4. The van der Waals surface area contributed by atoms with Crippen LogP contribution in [-0.2, 0) is 19.5 Å². The number of hydrogen-bond acceptors (Lipinski definition) is 4. The monoisotopic (exact) mass is 286 g/mol. The minimum absolute atomic E-state index is 0.798. The molecule has 3 aromatic rings. The molecule has 1 N–H and O–H groups in total. The second kappa shape index (κ2) is 6.15. The second-order valence-corrected chi connectivity index (χ2v) is 5.39. The van der Waals surface area contributed by atoms with E-state index in [-0.39, 0.29) is 0 Å². The van der Waals surface area contributed by atoms with Crippen LogP contribution in [-0.4, -0.2) is 21.1 Å². The molecule has 0 saturated heterocycles. The van der Waals surface area contributed by atoms with Gasteiger partial charge in [-0.2, -0.15) is 0 Å².